The molecule has 0 bridgehead atoms. The van der Waals surface area contributed by atoms with Crippen molar-refractivity contribution in [3.8, 4) is 0 Å². The number of nitrogens with two attached hydrogens (primary N) is 1. The summed E-state index contributed by atoms with van der Waals surface area (Å²) in [6.07, 6.45) is 7.44. The van der Waals surface area contributed by atoms with Crippen LogP contribution in [0.1, 0.15) is 48.7 Å². The molecule has 2 N–H and O–H groups in total. The van der Waals surface area contributed by atoms with Crippen molar-refractivity contribution < 1.29 is 0 Å². The van der Waals surface area contributed by atoms with Crippen LogP contribution in [0.2, 0.25) is 0 Å². The van der Waals surface area contributed by atoms with Crippen LogP contribution < -0.4 is 5.73 Å². The number of imidazole rings is 1. The van der Waals surface area contributed by atoms with Gasteiger partial charge in [-0.3, -0.25) is 0 Å². The molecular formula is C16H21N3. The predicted octanol–water partition coefficient (Wildman–Crippen LogP) is 3.02. The van der Waals surface area contributed by atoms with Crippen LogP contribution in [0.15, 0.2) is 36.7 Å². The van der Waals surface area contributed by atoms with Gasteiger partial charge in [0.25, 0.3) is 0 Å². The Morgan fingerprint density at radius 3 is 3.11 bits per heavy atom. The van der Waals surface area contributed by atoms with Crippen molar-refractivity contribution in [3.63, 3.8) is 0 Å². The summed E-state index contributed by atoms with van der Waals surface area (Å²) >= 11 is 0. The van der Waals surface area contributed by atoms with Crippen LogP contribution in [0.3, 0.4) is 0 Å². The second kappa shape index (κ2) is 5.17. The number of hydrogen-bond acceptors (Lipinski definition) is 2. The second-order valence-corrected chi connectivity index (χ2v) is 5.29. The van der Waals surface area contributed by atoms with Crippen LogP contribution >= 0.6 is 0 Å². The van der Waals surface area contributed by atoms with Crippen LogP contribution in [0, 0.1) is 0 Å². The molecule has 100 valence electrons. The Hall–Kier alpha value is -1.61. The Balaban J connectivity index is 1.95. The fourth-order valence-electron chi connectivity index (χ4n) is 3.23. The summed E-state index contributed by atoms with van der Waals surface area (Å²) < 4.78 is 2.15. The standard InChI is InChI=1S/C16H21N3/c1-2-19-11-10-18-16(19)15(17)14-9-5-7-12-6-3-4-8-13(12)14/h3-4,6,8,10-11,14-15H,2,5,7,9,17H2,1H3. The third-order valence-corrected chi connectivity index (χ3v) is 4.24. The molecule has 0 aliphatic heterocycles. The number of benzene rings is 1. The van der Waals surface area contributed by atoms with E-state index in [-0.39, 0.29) is 6.04 Å². The van der Waals surface area contributed by atoms with Crippen molar-refractivity contribution >= 4 is 0 Å². The van der Waals surface area contributed by atoms with Crippen LogP contribution in [-0.4, -0.2) is 9.55 Å². The van der Waals surface area contributed by atoms with Crippen molar-refractivity contribution in [1.82, 2.24) is 9.55 Å². The molecule has 3 rings (SSSR count). The van der Waals surface area contributed by atoms with E-state index in [0.29, 0.717) is 5.92 Å². The molecule has 0 fully saturated rings. The molecule has 2 atom stereocenters. The van der Waals surface area contributed by atoms with E-state index in [9.17, 15) is 0 Å². The van der Waals surface area contributed by atoms with Gasteiger partial charge in [0, 0.05) is 24.9 Å². The van der Waals surface area contributed by atoms with Crippen LogP contribution in [0.25, 0.3) is 0 Å². The lowest BCUT2D eigenvalue weighted by molar-refractivity contribution is 0.446. The Kier molecular flexibility index (Phi) is 3.38. The third kappa shape index (κ3) is 2.19. The molecule has 0 saturated carbocycles. The summed E-state index contributed by atoms with van der Waals surface area (Å²) in [6, 6.07) is 8.71. The number of rotatable bonds is 3. The predicted molar refractivity (Wildman–Crippen MR) is 77.0 cm³/mol. The maximum Gasteiger partial charge on any atom is 0.126 e. The number of aryl methyl sites for hydroxylation is 2. The van der Waals surface area contributed by atoms with Crippen molar-refractivity contribution in [2.24, 2.45) is 5.73 Å². The van der Waals surface area contributed by atoms with Crippen molar-refractivity contribution in [2.75, 3.05) is 0 Å². The summed E-state index contributed by atoms with van der Waals surface area (Å²) in [5.74, 6) is 1.42. The molecule has 3 heteroatoms. The van der Waals surface area contributed by atoms with Gasteiger partial charge in [-0.15, -0.1) is 0 Å². The average Bonchev–Trinajstić information content (AvgIpc) is 2.94. The van der Waals surface area contributed by atoms with Gasteiger partial charge in [0.15, 0.2) is 0 Å². The minimum absolute atomic E-state index is 0.00333. The summed E-state index contributed by atoms with van der Waals surface area (Å²) in [6.45, 7) is 3.06. The molecule has 0 radical (unpaired) electrons. The topological polar surface area (TPSA) is 43.8 Å². The average molecular weight is 255 g/mol. The summed E-state index contributed by atoms with van der Waals surface area (Å²) in [5.41, 5.74) is 9.41. The first kappa shape index (κ1) is 12.4. The molecule has 0 saturated heterocycles. The van der Waals surface area contributed by atoms with E-state index in [2.05, 4.69) is 40.7 Å². The SMILES string of the molecule is CCn1ccnc1C(N)C1CCCc2ccccc21. The first-order chi connectivity index (χ1) is 9.31. The molecule has 1 aliphatic rings. The highest BCUT2D eigenvalue weighted by molar-refractivity contribution is 5.34. The molecule has 1 aliphatic carbocycles. The van der Waals surface area contributed by atoms with Gasteiger partial charge in [-0.2, -0.15) is 0 Å². The van der Waals surface area contributed by atoms with E-state index in [1.165, 1.54) is 24.0 Å². The first-order valence-electron chi connectivity index (χ1n) is 7.15. The van der Waals surface area contributed by atoms with Crippen molar-refractivity contribution in [3.05, 3.63) is 53.6 Å². The van der Waals surface area contributed by atoms with Gasteiger partial charge in [-0.25, -0.2) is 4.98 Å². The number of aromatic nitrogens is 2. The zero-order chi connectivity index (χ0) is 13.2. The molecule has 3 nitrogen and oxygen atoms in total. The number of fused-ring (bicyclic) bond motifs is 1. The van der Waals surface area contributed by atoms with Crippen LogP contribution in [-0.2, 0) is 13.0 Å². The molecule has 2 unspecified atom stereocenters. The van der Waals surface area contributed by atoms with Gasteiger partial charge in [-0.1, -0.05) is 24.3 Å². The smallest absolute Gasteiger partial charge is 0.126 e. The Bertz CT molecular complexity index is 559. The molecule has 1 aromatic carbocycles. The molecular weight excluding hydrogens is 234 g/mol. The highest BCUT2D eigenvalue weighted by Gasteiger charge is 2.28. The van der Waals surface area contributed by atoms with E-state index < -0.39 is 0 Å². The van der Waals surface area contributed by atoms with Gasteiger partial charge < -0.3 is 10.3 Å². The Morgan fingerprint density at radius 2 is 2.26 bits per heavy atom. The molecule has 2 aromatic rings. The van der Waals surface area contributed by atoms with Gasteiger partial charge in [0.05, 0.1) is 6.04 Å². The van der Waals surface area contributed by atoms with E-state index in [1.807, 2.05) is 12.4 Å². The lowest BCUT2D eigenvalue weighted by atomic mass is 9.79. The van der Waals surface area contributed by atoms with Gasteiger partial charge in [-0.05, 0) is 37.3 Å². The maximum atomic E-state index is 6.52. The molecule has 1 aromatic heterocycles. The molecule has 0 spiro atoms. The zero-order valence-corrected chi connectivity index (χ0v) is 11.4. The monoisotopic (exact) mass is 255 g/mol. The zero-order valence-electron chi connectivity index (χ0n) is 11.4. The third-order valence-electron chi connectivity index (χ3n) is 4.24. The van der Waals surface area contributed by atoms with Crippen LogP contribution in [0.5, 0.6) is 0 Å². The molecule has 19 heavy (non-hydrogen) atoms. The lowest BCUT2D eigenvalue weighted by Gasteiger charge is -2.30. The number of hydrogen-bond donors (Lipinski definition) is 1. The first-order valence-corrected chi connectivity index (χ1v) is 7.15. The molecule has 1 heterocycles. The Labute approximate surface area is 114 Å². The quantitative estimate of drug-likeness (QED) is 0.916. The number of nitrogens with zero attached hydrogens (tertiary/aromatic N) is 2. The van der Waals surface area contributed by atoms with Crippen LogP contribution in [0.4, 0.5) is 0 Å². The second-order valence-electron chi connectivity index (χ2n) is 5.29. The fourth-order valence-corrected chi connectivity index (χ4v) is 3.23. The van der Waals surface area contributed by atoms with Crippen molar-refractivity contribution in [1.29, 1.82) is 0 Å². The maximum absolute atomic E-state index is 6.52. The summed E-state index contributed by atoms with van der Waals surface area (Å²) in [4.78, 5) is 4.47. The van der Waals surface area contributed by atoms with E-state index in [4.69, 9.17) is 5.73 Å². The van der Waals surface area contributed by atoms with Gasteiger partial charge in [0.1, 0.15) is 5.82 Å². The largest absolute Gasteiger partial charge is 0.334 e. The van der Waals surface area contributed by atoms with Gasteiger partial charge in [0.2, 0.25) is 0 Å². The van der Waals surface area contributed by atoms with E-state index >= 15 is 0 Å². The minimum Gasteiger partial charge on any atom is -0.334 e. The Morgan fingerprint density at radius 1 is 1.42 bits per heavy atom. The van der Waals surface area contributed by atoms with E-state index in [0.717, 1.165) is 18.8 Å². The highest BCUT2D eigenvalue weighted by atomic mass is 15.1. The van der Waals surface area contributed by atoms with Gasteiger partial charge >= 0.3 is 0 Å². The lowest BCUT2D eigenvalue weighted by Crippen LogP contribution is -2.26. The van der Waals surface area contributed by atoms with E-state index in [1.54, 1.807) is 0 Å². The normalized spacial score (nSPS) is 20.0. The summed E-state index contributed by atoms with van der Waals surface area (Å²) in [7, 11) is 0. The van der Waals surface area contributed by atoms with Crippen molar-refractivity contribution in [2.45, 2.75) is 44.7 Å². The fraction of sp³-hybridized carbons (Fsp3) is 0.438. The molecule has 0 amide bonds. The minimum atomic E-state index is -0.00333. The highest BCUT2D eigenvalue weighted by Crippen LogP contribution is 2.38. The summed E-state index contributed by atoms with van der Waals surface area (Å²) in [5, 5.41) is 0.